The van der Waals surface area contributed by atoms with Gasteiger partial charge in [-0.3, -0.25) is 4.90 Å². The number of piperidine rings is 1. The number of hydrogen-bond acceptors (Lipinski definition) is 2. The molecule has 2 fully saturated rings. The van der Waals surface area contributed by atoms with Crippen molar-refractivity contribution in [2.45, 2.75) is 58.1 Å². The van der Waals surface area contributed by atoms with Gasteiger partial charge in [0.1, 0.15) is 0 Å². The second-order valence-electron chi connectivity index (χ2n) is 8.77. The quantitative estimate of drug-likeness (QED) is 0.823. The molecule has 3 aliphatic rings. The normalized spacial score (nSPS) is 35.2. The Bertz CT molecular complexity index is 795. The molecule has 1 aromatic carbocycles. The zero-order chi connectivity index (χ0) is 17.1. The van der Waals surface area contributed by atoms with Crippen LogP contribution in [-0.4, -0.2) is 34.2 Å². The van der Waals surface area contributed by atoms with E-state index in [1.54, 1.807) is 5.56 Å². The summed E-state index contributed by atoms with van der Waals surface area (Å²) in [4.78, 5) is 6.52. The largest absolute Gasteiger partial charge is 0.393 e. The lowest BCUT2D eigenvalue weighted by Crippen LogP contribution is -2.50. The van der Waals surface area contributed by atoms with Gasteiger partial charge in [-0.15, -0.1) is 0 Å². The average molecular weight is 338 g/mol. The summed E-state index contributed by atoms with van der Waals surface area (Å²) in [5.74, 6) is 2.11. The van der Waals surface area contributed by atoms with Crippen LogP contribution in [0.1, 0.15) is 56.0 Å². The van der Waals surface area contributed by atoms with Crippen molar-refractivity contribution in [2.24, 2.45) is 17.8 Å². The Morgan fingerprint density at radius 2 is 2.12 bits per heavy atom. The Labute approximate surface area is 150 Å². The Morgan fingerprint density at radius 3 is 2.96 bits per heavy atom. The first-order valence-electron chi connectivity index (χ1n) is 10.2. The number of aromatic amines is 1. The number of rotatable bonds is 1. The third-order valence-corrected chi connectivity index (χ3v) is 7.35. The minimum Gasteiger partial charge on any atom is -0.393 e. The molecule has 0 spiro atoms. The van der Waals surface area contributed by atoms with Crippen LogP contribution in [0.4, 0.5) is 0 Å². The molecule has 2 aliphatic heterocycles. The summed E-state index contributed by atoms with van der Waals surface area (Å²) in [6.45, 7) is 6.93. The predicted octanol–water partition coefficient (Wildman–Crippen LogP) is 4.06. The van der Waals surface area contributed by atoms with Crippen molar-refractivity contribution in [3.05, 3.63) is 35.0 Å². The van der Waals surface area contributed by atoms with Gasteiger partial charge in [-0.1, -0.05) is 26.0 Å². The van der Waals surface area contributed by atoms with E-state index in [0.29, 0.717) is 17.9 Å². The zero-order valence-electron chi connectivity index (χ0n) is 15.5. The van der Waals surface area contributed by atoms with Crippen LogP contribution in [0.25, 0.3) is 10.9 Å². The Kier molecular flexibility index (Phi) is 3.72. The molecular weight excluding hydrogens is 308 g/mol. The maximum Gasteiger partial charge on any atom is 0.0546 e. The third-order valence-electron chi connectivity index (χ3n) is 7.35. The van der Waals surface area contributed by atoms with E-state index in [4.69, 9.17) is 0 Å². The van der Waals surface area contributed by atoms with E-state index < -0.39 is 0 Å². The topological polar surface area (TPSA) is 39.3 Å². The number of aromatic nitrogens is 1. The molecule has 0 radical (unpaired) electrons. The number of hydrogen-bond donors (Lipinski definition) is 2. The van der Waals surface area contributed by atoms with Crippen molar-refractivity contribution >= 4 is 10.9 Å². The lowest BCUT2D eigenvalue weighted by Gasteiger charge is -2.51. The molecule has 0 amide bonds. The number of H-pyrrole nitrogens is 1. The number of benzene rings is 1. The summed E-state index contributed by atoms with van der Waals surface area (Å²) in [5, 5.41) is 11.6. The fourth-order valence-corrected chi connectivity index (χ4v) is 6.06. The van der Waals surface area contributed by atoms with E-state index in [0.717, 1.165) is 31.6 Å². The fraction of sp³-hybridized carbons (Fsp3) is 0.636. The van der Waals surface area contributed by atoms with Crippen LogP contribution in [0, 0.1) is 17.8 Å². The lowest BCUT2D eigenvalue weighted by atomic mass is 9.66. The Balaban J connectivity index is 1.52. The van der Waals surface area contributed by atoms with Gasteiger partial charge in [0.25, 0.3) is 0 Å². The molecule has 1 aliphatic carbocycles. The van der Waals surface area contributed by atoms with Gasteiger partial charge < -0.3 is 10.1 Å². The molecule has 5 rings (SSSR count). The smallest absolute Gasteiger partial charge is 0.0546 e. The van der Waals surface area contributed by atoms with Gasteiger partial charge in [0.05, 0.1) is 12.1 Å². The van der Waals surface area contributed by atoms with Crippen LogP contribution in [0.3, 0.4) is 0 Å². The molecule has 0 bridgehead atoms. The first kappa shape index (κ1) is 15.9. The second-order valence-corrected chi connectivity index (χ2v) is 8.77. The van der Waals surface area contributed by atoms with Gasteiger partial charge in [-0.2, -0.15) is 0 Å². The van der Waals surface area contributed by atoms with Crippen LogP contribution in [0.2, 0.25) is 0 Å². The first-order chi connectivity index (χ1) is 12.1. The summed E-state index contributed by atoms with van der Waals surface area (Å²) in [6.07, 6.45) is 5.45. The van der Waals surface area contributed by atoms with Gasteiger partial charge in [-0.05, 0) is 67.1 Å². The van der Waals surface area contributed by atoms with Crippen LogP contribution in [0.15, 0.2) is 18.2 Å². The standard InChI is InChI=1S/C22H30N2O/c1-3-14-4-5-17-18-6-7-24-12-15-10-16(25)8-13(2)19(15)11-21(24)22(18)23-20(17)9-14/h4-5,9,13,15-16,19,21,23,25H,3,6-8,10-12H2,1-2H3/t13-,15?,16+,19?,21-/m1/s1. The molecule has 1 saturated carbocycles. The highest BCUT2D eigenvalue weighted by Gasteiger charge is 2.44. The van der Waals surface area contributed by atoms with Gasteiger partial charge >= 0.3 is 0 Å². The van der Waals surface area contributed by atoms with E-state index in [9.17, 15) is 5.11 Å². The molecule has 134 valence electrons. The molecule has 5 atom stereocenters. The highest BCUT2D eigenvalue weighted by Crippen LogP contribution is 2.48. The summed E-state index contributed by atoms with van der Waals surface area (Å²) in [7, 11) is 0. The molecule has 3 heteroatoms. The summed E-state index contributed by atoms with van der Waals surface area (Å²) in [5.41, 5.74) is 5.81. The third kappa shape index (κ3) is 2.47. The van der Waals surface area contributed by atoms with Gasteiger partial charge in [-0.25, -0.2) is 0 Å². The minimum atomic E-state index is -0.0753. The van der Waals surface area contributed by atoms with Crippen LogP contribution in [-0.2, 0) is 12.8 Å². The number of fused-ring (bicyclic) bond motifs is 6. The molecule has 1 aromatic heterocycles. The van der Waals surface area contributed by atoms with Gasteiger partial charge in [0.2, 0.25) is 0 Å². The summed E-state index contributed by atoms with van der Waals surface area (Å²) >= 11 is 0. The maximum atomic E-state index is 10.2. The minimum absolute atomic E-state index is 0.0753. The number of nitrogens with one attached hydrogen (secondary N) is 1. The number of aryl methyl sites for hydroxylation is 1. The van der Waals surface area contributed by atoms with Crippen molar-refractivity contribution in [2.75, 3.05) is 13.1 Å². The van der Waals surface area contributed by atoms with Crippen molar-refractivity contribution in [1.29, 1.82) is 0 Å². The molecule has 1 saturated heterocycles. The average Bonchev–Trinajstić information content (AvgIpc) is 2.98. The molecular formula is C22H30N2O. The van der Waals surface area contributed by atoms with Crippen molar-refractivity contribution in [3.8, 4) is 0 Å². The van der Waals surface area contributed by atoms with E-state index >= 15 is 0 Å². The highest BCUT2D eigenvalue weighted by molar-refractivity contribution is 5.85. The van der Waals surface area contributed by atoms with Crippen molar-refractivity contribution in [3.63, 3.8) is 0 Å². The number of aliphatic hydroxyl groups is 1. The van der Waals surface area contributed by atoms with Crippen LogP contribution >= 0.6 is 0 Å². The summed E-state index contributed by atoms with van der Waals surface area (Å²) < 4.78 is 0. The van der Waals surface area contributed by atoms with E-state index in [1.165, 1.54) is 41.7 Å². The van der Waals surface area contributed by atoms with E-state index in [2.05, 4.69) is 41.9 Å². The lowest BCUT2D eigenvalue weighted by molar-refractivity contribution is -0.0379. The number of aliphatic hydroxyl groups excluding tert-OH is 1. The van der Waals surface area contributed by atoms with E-state index in [-0.39, 0.29) is 6.10 Å². The molecule has 3 nitrogen and oxygen atoms in total. The highest BCUT2D eigenvalue weighted by atomic mass is 16.3. The molecule has 25 heavy (non-hydrogen) atoms. The Hall–Kier alpha value is -1.32. The van der Waals surface area contributed by atoms with Gasteiger partial charge in [0, 0.05) is 29.7 Å². The van der Waals surface area contributed by atoms with Crippen molar-refractivity contribution in [1.82, 2.24) is 9.88 Å². The molecule has 2 aromatic rings. The monoisotopic (exact) mass is 338 g/mol. The maximum absolute atomic E-state index is 10.2. The number of nitrogens with zero attached hydrogens (tertiary/aromatic N) is 1. The Morgan fingerprint density at radius 1 is 1.24 bits per heavy atom. The van der Waals surface area contributed by atoms with Crippen LogP contribution < -0.4 is 0 Å². The van der Waals surface area contributed by atoms with Crippen molar-refractivity contribution < 1.29 is 5.11 Å². The van der Waals surface area contributed by atoms with Gasteiger partial charge in [0.15, 0.2) is 0 Å². The molecule has 2 unspecified atom stereocenters. The fourth-order valence-electron chi connectivity index (χ4n) is 6.06. The summed E-state index contributed by atoms with van der Waals surface area (Å²) in [6, 6.07) is 7.54. The first-order valence-corrected chi connectivity index (χ1v) is 10.2. The zero-order valence-corrected chi connectivity index (χ0v) is 15.5. The second kappa shape index (κ2) is 5.85. The molecule has 2 N–H and O–H groups in total. The van der Waals surface area contributed by atoms with E-state index in [1.807, 2.05) is 0 Å². The molecule has 3 heterocycles. The predicted molar refractivity (Wildman–Crippen MR) is 102 cm³/mol. The van der Waals surface area contributed by atoms with Crippen LogP contribution in [0.5, 0.6) is 0 Å². The SMILES string of the molecule is CCc1ccc2c3c([nH]c2c1)[C@H]1CC2C(C[C@@H](O)C[C@H]2C)CN1CC3.